The number of carboxylic acid groups (broad SMARTS) is 1. The van der Waals surface area contributed by atoms with Crippen molar-refractivity contribution >= 4 is 50.7 Å². The van der Waals surface area contributed by atoms with Crippen molar-refractivity contribution in [3.8, 4) is 11.3 Å². The lowest BCUT2D eigenvalue weighted by Crippen LogP contribution is -2.42. The number of benzene rings is 2. The summed E-state index contributed by atoms with van der Waals surface area (Å²) in [6, 6.07) is 10.3. The first-order chi connectivity index (χ1) is 18.8. The number of nitrogens with zero attached hydrogens (tertiary/aromatic N) is 2. The van der Waals surface area contributed by atoms with E-state index in [1.165, 1.54) is 11.3 Å². The van der Waals surface area contributed by atoms with E-state index in [0.717, 1.165) is 41.7 Å². The van der Waals surface area contributed by atoms with Crippen LogP contribution < -0.4 is 0 Å². The fraction of sp³-hybridized carbons (Fsp3) is 0.414. The maximum atomic E-state index is 11.8. The van der Waals surface area contributed by atoms with Crippen LogP contribution in [-0.4, -0.2) is 32.4 Å². The van der Waals surface area contributed by atoms with Gasteiger partial charge in [-0.15, -0.1) is 11.3 Å². The van der Waals surface area contributed by atoms with Gasteiger partial charge >= 0.3 is 5.97 Å². The molecule has 202 valence electrons. The molecule has 2 aromatic carbocycles. The lowest BCUT2D eigenvalue weighted by molar-refractivity contribution is -0.105. The van der Waals surface area contributed by atoms with Crippen LogP contribution in [0.5, 0.6) is 0 Å². The molecule has 2 bridgehead atoms. The van der Waals surface area contributed by atoms with Gasteiger partial charge in [-0.3, -0.25) is 0 Å². The average molecular weight is 586 g/mol. The molecule has 39 heavy (non-hydrogen) atoms. The number of hydrogen-bond acceptors (Lipinski definition) is 7. The minimum atomic E-state index is -1.05. The number of aromatic carboxylic acids is 1. The van der Waals surface area contributed by atoms with Gasteiger partial charge in [-0.25, -0.2) is 9.78 Å². The van der Waals surface area contributed by atoms with E-state index in [2.05, 4.69) is 10.1 Å². The first-order valence-electron chi connectivity index (χ1n) is 13.2. The number of rotatable bonds is 7. The zero-order valence-electron chi connectivity index (χ0n) is 20.9. The van der Waals surface area contributed by atoms with Crippen LogP contribution in [0.1, 0.15) is 71.1 Å². The molecule has 0 aliphatic heterocycles. The van der Waals surface area contributed by atoms with Gasteiger partial charge in [0.05, 0.1) is 38.5 Å². The van der Waals surface area contributed by atoms with E-state index in [4.69, 9.17) is 32.5 Å². The van der Waals surface area contributed by atoms with Crippen LogP contribution >= 0.6 is 34.5 Å². The molecule has 3 aliphatic carbocycles. The first-order valence-corrected chi connectivity index (χ1v) is 14.8. The Morgan fingerprint density at radius 3 is 2.49 bits per heavy atom. The summed E-state index contributed by atoms with van der Waals surface area (Å²) in [6.07, 6.45) is 5.22. The molecule has 3 fully saturated rings. The first kappa shape index (κ1) is 25.5. The van der Waals surface area contributed by atoms with Gasteiger partial charge in [0.2, 0.25) is 0 Å². The second kappa shape index (κ2) is 9.56. The minimum Gasteiger partial charge on any atom is -0.478 e. The molecule has 0 radical (unpaired) electrons. The lowest BCUT2D eigenvalue weighted by atomic mass is 9.76. The molecule has 7 nitrogen and oxygen atoms in total. The van der Waals surface area contributed by atoms with Gasteiger partial charge in [0, 0.05) is 17.0 Å². The SMILES string of the molecule is O=C(O)c1ccc2sc(C3(O)CC4CCC(C3)C4OCc3c(-c4c(Cl)cccc4Cl)noc3C3CC3)nc2c1. The third-order valence-corrected chi connectivity index (χ3v) is 10.3. The number of thiazole rings is 1. The van der Waals surface area contributed by atoms with Gasteiger partial charge in [-0.1, -0.05) is 34.4 Å². The Kier molecular flexibility index (Phi) is 6.25. The summed E-state index contributed by atoms with van der Waals surface area (Å²) in [6.45, 7) is 0.349. The zero-order valence-corrected chi connectivity index (χ0v) is 23.2. The van der Waals surface area contributed by atoms with Crippen molar-refractivity contribution in [2.45, 2.75) is 62.8 Å². The Morgan fingerprint density at radius 2 is 1.82 bits per heavy atom. The van der Waals surface area contributed by atoms with Crippen LogP contribution in [0.3, 0.4) is 0 Å². The highest BCUT2D eigenvalue weighted by Gasteiger charge is 2.51. The third-order valence-electron chi connectivity index (χ3n) is 8.46. The molecular weight excluding hydrogens is 559 g/mol. The summed E-state index contributed by atoms with van der Waals surface area (Å²) in [5.41, 5.74) is 1.97. The molecule has 0 amide bonds. The highest BCUT2D eigenvalue weighted by molar-refractivity contribution is 7.18. The van der Waals surface area contributed by atoms with E-state index in [9.17, 15) is 15.0 Å². The molecule has 2 N–H and O–H groups in total. The summed E-state index contributed by atoms with van der Waals surface area (Å²) in [5, 5.41) is 27.2. The fourth-order valence-corrected chi connectivity index (χ4v) is 8.09. The van der Waals surface area contributed by atoms with Gasteiger partial charge in [-0.2, -0.15) is 0 Å². The number of halogens is 2. The number of aliphatic hydroxyl groups is 1. The second-order valence-electron chi connectivity index (χ2n) is 11.1. The Balaban J connectivity index is 1.13. The lowest BCUT2D eigenvalue weighted by Gasteiger charge is -2.40. The van der Waals surface area contributed by atoms with Gasteiger partial charge < -0.3 is 19.5 Å². The quantitative estimate of drug-likeness (QED) is 0.232. The standard InChI is InChI=1S/C29H26Cl2N2O5S/c30-19-2-1-3-20(31)23(19)24-18(26(38-33-24)14-4-5-14)13-37-25-16-6-7-17(25)12-29(36,11-16)28-32-21-10-15(27(34)35)8-9-22(21)39-28/h1-3,8-10,14,16-17,25,36H,4-7,11-13H2,(H,34,35). The summed E-state index contributed by atoms with van der Waals surface area (Å²) in [4.78, 5) is 16.1. The maximum absolute atomic E-state index is 11.8. The van der Waals surface area contributed by atoms with E-state index >= 15 is 0 Å². The Labute approximate surface area is 238 Å². The van der Waals surface area contributed by atoms with Crippen molar-refractivity contribution in [3.63, 3.8) is 0 Å². The largest absolute Gasteiger partial charge is 0.478 e. The summed E-state index contributed by atoms with van der Waals surface area (Å²) in [7, 11) is 0. The molecule has 3 saturated carbocycles. The molecule has 2 atom stereocenters. The summed E-state index contributed by atoms with van der Waals surface area (Å²) >= 11 is 14.5. The normalized spacial score (nSPS) is 26.4. The van der Waals surface area contributed by atoms with E-state index in [0.29, 0.717) is 57.2 Å². The van der Waals surface area contributed by atoms with Crippen molar-refractivity contribution in [1.82, 2.24) is 10.1 Å². The maximum Gasteiger partial charge on any atom is 0.335 e. The molecule has 7 rings (SSSR count). The Morgan fingerprint density at radius 1 is 1.10 bits per heavy atom. The van der Waals surface area contributed by atoms with Crippen LogP contribution in [0.2, 0.25) is 10.0 Å². The zero-order chi connectivity index (χ0) is 26.9. The summed E-state index contributed by atoms with van der Waals surface area (Å²) in [5.74, 6) is 0.591. The van der Waals surface area contributed by atoms with Gasteiger partial charge in [0.25, 0.3) is 0 Å². The second-order valence-corrected chi connectivity index (χ2v) is 12.9. The predicted molar refractivity (Wildman–Crippen MR) is 148 cm³/mol. The van der Waals surface area contributed by atoms with Crippen molar-refractivity contribution in [1.29, 1.82) is 0 Å². The van der Waals surface area contributed by atoms with Crippen LogP contribution in [0.4, 0.5) is 0 Å². The molecule has 0 spiro atoms. The van der Waals surface area contributed by atoms with Gasteiger partial charge in [0.1, 0.15) is 22.1 Å². The number of hydrogen-bond donors (Lipinski definition) is 2. The van der Waals surface area contributed by atoms with Crippen molar-refractivity contribution in [2.75, 3.05) is 0 Å². The highest BCUT2D eigenvalue weighted by Crippen LogP contribution is 2.53. The monoisotopic (exact) mass is 584 g/mol. The molecule has 2 unspecified atom stereocenters. The predicted octanol–water partition coefficient (Wildman–Crippen LogP) is 7.43. The molecular formula is C29H26Cl2N2O5S. The number of aromatic nitrogens is 2. The van der Waals surface area contributed by atoms with Crippen LogP contribution in [-0.2, 0) is 16.9 Å². The molecule has 2 heterocycles. The number of ether oxygens (including phenoxy) is 1. The van der Waals surface area contributed by atoms with E-state index in [-0.39, 0.29) is 23.5 Å². The molecule has 4 aromatic rings. The molecule has 0 saturated heterocycles. The topological polar surface area (TPSA) is 106 Å². The minimum absolute atomic E-state index is 0.00906. The number of carbonyl (C=O) groups is 1. The van der Waals surface area contributed by atoms with Crippen molar-refractivity contribution in [3.05, 3.63) is 68.3 Å². The smallest absolute Gasteiger partial charge is 0.335 e. The Bertz CT molecular complexity index is 1560. The highest BCUT2D eigenvalue weighted by atomic mass is 35.5. The number of carboxylic acids is 1. The molecule has 10 heteroatoms. The van der Waals surface area contributed by atoms with E-state index < -0.39 is 11.6 Å². The fourth-order valence-electron chi connectivity index (χ4n) is 6.46. The van der Waals surface area contributed by atoms with E-state index in [1.54, 1.807) is 30.3 Å². The average Bonchev–Trinajstić information content (AvgIpc) is 3.42. The summed E-state index contributed by atoms with van der Waals surface area (Å²) < 4.78 is 13.3. The van der Waals surface area contributed by atoms with Crippen LogP contribution in [0.15, 0.2) is 40.9 Å². The molecule has 2 aromatic heterocycles. The van der Waals surface area contributed by atoms with Crippen molar-refractivity contribution in [2.24, 2.45) is 11.8 Å². The van der Waals surface area contributed by atoms with Gasteiger partial charge in [-0.05, 0) is 80.7 Å². The molecule has 3 aliphatic rings. The van der Waals surface area contributed by atoms with E-state index in [1.807, 2.05) is 6.07 Å². The van der Waals surface area contributed by atoms with Crippen LogP contribution in [0, 0.1) is 11.8 Å². The van der Waals surface area contributed by atoms with Gasteiger partial charge in [0.15, 0.2) is 0 Å². The number of fused-ring (bicyclic) bond motifs is 3. The Hall–Kier alpha value is -2.49. The van der Waals surface area contributed by atoms with Crippen LogP contribution in [0.25, 0.3) is 21.5 Å². The van der Waals surface area contributed by atoms with Crippen molar-refractivity contribution < 1.29 is 24.3 Å². The third kappa shape index (κ3) is 4.46.